The van der Waals surface area contributed by atoms with Crippen LogP contribution in [0.5, 0.6) is 0 Å². The van der Waals surface area contributed by atoms with E-state index in [4.69, 9.17) is 10.00 Å². The highest BCUT2D eigenvalue weighted by molar-refractivity contribution is 6.76. The minimum atomic E-state index is -1.07. The Morgan fingerprint density at radius 1 is 1.42 bits per heavy atom. The topological polar surface area (TPSA) is 63.7 Å². The summed E-state index contributed by atoms with van der Waals surface area (Å²) in [6, 6.07) is 6.86. The molecule has 0 atom stereocenters. The average Bonchev–Trinajstić information content (AvgIpc) is 2.72. The first-order chi connectivity index (χ1) is 9.01. The fourth-order valence-corrected chi connectivity index (χ4v) is 2.47. The first-order valence-corrected chi connectivity index (χ1v) is 10.0. The van der Waals surface area contributed by atoms with E-state index in [1.807, 2.05) is 6.07 Å². The molecular formula is C13H18N4OSi. The summed E-state index contributed by atoms with van der Waals surface area (Å²) in [6.45, 7) is 8.02. The molecule has 5 nitrogen and oxygen atoms in total. The van der Waals surface area contributed by atoms with Crippen molar-refractivity contribution in [2.24, 2.45) is 0 Å². The first kappa shape index (κ1) is 13.7. The molecule has 2 heterocycles. The van der Waals surface area contributed by atoms with Crippen LogP contribution >= 0.6 is 0 Å². The van der Waals surface area contributed by atoms with E-state index in [2.05, 4.69) is 35.8 Å². The maximum Gasteiger partial charge on any atom is 0.172 e. The maximum absolute atomic E-state index is 9.04. The lowest BCUT2D eigenvalue weighted by Gasteiger charge is -2.15. The third kappa shape index (κ3) is 3.40. The van der Waals surface area contributed by atoms with Crippen LogP contribution in [0.4, 0.5) is 0 Å². The minimum absolute atomic E-state index is 0.347. The Bertz CT molecular complexity index is 609. The molecule has 100 valence electrons. The van der Waals surface area contributed by atoms with Crippen molar-refractivity contribution in [2.75, 3.05) is 6.61 Å². The second-order valence-corrected chi connectivity index (χ2v) is 11.3. The summed E-state index contributed by atoms with van der Waals surface area (Å²) in [6.07, 6.45) is 1.70. The predicted octanol–water partition coefficient (Wildman–Crippen LogP) is 2.62. The van der Waals surface area contributed by atoms with Crippen LogP contribution in [-0.4, -0.2) is 29.4 Å². The van der Waals surface area contributed by atoms with Crippen molar-refractivity contribution in [1.29, 1.82) is 5.26 Å². The monoisotopic (exact) mass is 274 g/mol. The van der Waals surface area contributed by atoms with Gasteiger partial charge in [0, 0.05) is 20.9 Å². The number of ether oxygens (including phenoxy) is 1. The van der Waals surface area contributed by atoms with Crippen LogP contribution in [0, 0.1) is 11.3 Å². The van der Waals surface area contributed by atoms with Crippen molar-refractivity contribution in [2.45, 2.75) is 32.4 Å². The Hall–Kier alpha value is -1.71. The molecule has 0 saturated heterocycles. The van der Waals surface area contributed by atoms with Gasteiger partial charge in [0.2, 0.25) is 0 Å². The zero-order chi connectivity index (χ0) is 13.9. The SMILES string of the molecule is C[Si](C)(C)CCOCn1nc(C#N)c2cccnc21. The Morgan fingerprint density at radius 2 is 2.21 bits per heavy atom. The molecule has 0 bridgehead atoms. The van der Waals surface area contributed by atoms with Crippen molar-refractivity contribution >= 4 is 19.1 Å². The Kier molecular flexibility index (Phi) is 3.98. The van der Waals surface area contributed by atoms with E-state index in [1.54, 1.807) is 16.9 Å². The molecule has 0 spiro atoms. The minimum Gasteiger partial charge on any atom is -0.359 e. The zero-order valence-corrected chi connectivity index (χ0v) is 12.6. The van der Waals surface area contributed by atoms with E-state index in [0.717, 1.165) is 18.0 Å². The Morgan fingerprint density at radius 3 is 2.89 bits per heavy atom. The molecule has 0 aromatic carbocycles. The molecule has 0 aliphatic heterocycles. The second-order valence-electron chi connectivity index (χ2n) is 5.68. The van der Waals surface area contributed by atoms with E-state index in [9.17, 15) is 0 Å². The van der Waals surface area contributed by atoms with Crippen LogP contribution in [0.15, 0.2) is 18.3 Å². The van der Waals surface area contributed by atoms with E-state index >= 15 is 0 Å². The number of nitrogens with zero attached hydrogens (tertiary/aromatic N) is 4. The Labute approximate surface area is 113 Å². The fourth-order valence-electron chi connectivity index (χ4n) is 1.71. The van der Waals surface area contributed by atoms with Gasteiger partial charge in [-0.1, -0.05) is 19.6 Å². The van der Waals surface area contributed by atoms with Crippen LogP contribution in [0.1, 0.15) is 5.69 Å². The van der Waals surface area contributed by atoms with Gasteiger partial charge in [0.25, 0.3) is 0 Å². The lowest BCUT2D eigenvalue weighted by Crippen LogP contribution is -2.22. The molecule has 0 aliphatic carbocycles. The molecule has 19 heavy (non-hydrogen) atoms. The van der Waals surface area contributed by atoms with Gasteiger partial charge in [-0.05, 0) is 18.2 Å². The van der Waals surface area contributed by atoms with Crippen LogP contribution in [0.2, 0.25) is 25.7 Å². The number of pyridine rings is 1. The molecule has 0 amide bonds. The molecular weight excluding hydrogens is 256 g/mol. The standard InChI is InChI=1S/C13H18N4OSi/c1-19(2,3)8-7-18-10-17-13-11(5-4-6-15-13)12(9-14)16-17/h4-6H,7-8,10H2,1-3H3. The van der Waals surface area contributed by atoms with Gasteiger partial charge in [-0.2, -0.15) is 10.4 Å². The first-order valence-electron chi connectivity index (χ1n) is 6.31. The van der Waals surface area contributed by atoms with Crippen LogP contribution < -0.4 is 0 Å². The fraction of sp³-hybridized carbons (Fsp3) is 0.462. The summed E-state index contributed by atoms with van der Waals surface area (Å²) in [4.78, 5) is 4.26. The largest absolute Gasteiger partial charge is 0.359 e. The number of rotatable bonds is 5. The van der Waals surface area contributed by atoms with Gasteiger partial charge in [-0.15, -0.1) is 0 Å². The van der Waals surface area contributed by atoms with Crippen molar-refractivity contribution in [1.82, 2.24) is 14.8 Å². The van der Waals surface area contributed by atoms with Crippen molar-refractivity contribution < 1.29 is 4.74 Å². The number of aromatic nitrogens is 3. The molecule has 0 aliphatic rings. The van der Waals surface area contributed by atoms with Crippen LogP contribution in [0.3, 0.4) is 0 Å². The molecule has 2 aromatic rings. The lowest BCUT2D eigenvalue weighted by molar-refractivity contribution is 0.0812. The smallest absolute Gasteiger partial charge is 0.172 e. The van der Waals surface area contributed by atoms with Crippen molar-refractivity contribution in [3.63, 3.8) is 0 Å². The predicted molar refractivity (Wildman–Crippen MR) is 76.3 cm³/mol. The molecule has 0 fully saturated rings. The summed E-state index contributed by atoms with van der Waals surface area (Å²) < 4.78 is 7.30. The van der Waals surface area contributed by atoms with Gasteiger partial charge in [-0.3, -0.25) is 0 Å². The van der Waals surface area contributed by atoms with Crippen molar-refractivity contribution in [3.8, 4) is 6.07 Å². The van der Waals surface area contributed by atoms with Crippen LogP contribution in [0.25, 0.3) is 11.0 Å². The van der Waals surface area contributed by atoms with Gasteiger partial charge >= 0.3 is 0 Å². The van der Waals surface area contributed by atoms with Gasteiger partial charge < -0.3 is 4.74 Å². The number of hydrogen-bond acceptors (Lipinski definition) is 4. The highest BCUT2D eigenvalue weighted by Gasteiger charge is 2.13. The number of fused-ring (bicyclic) bond motifs is 1. The van der Waals surface area contributed by atoms with Crippen molar-refractivity contribution in [3.05, 3.63) is 24.0 Å². The normalized spacial score (nSPS) is 11.7. The number of hydrogen-bond donors (Lipinski definition) is 0. The number of nitriles is 1. The van der Waals surface area contributed by atoms with Crippen LogP contribution in [-0.2, 0) is 11.5 Å². The zero-order valence-electron chi connectivity index (χ0n) is 11.6. The highest BCUT2D eigenvalue weighted by atomic mass is 28.3. The summed E-state index contributed by atoms with van der Waals surface area (Å²) in [5.41, 5.74) is 1.10. The van der Waals surface area contributed by atoms with Gasteiger partial charge in [-0.25, -0.2) is 9.67 Å². The molecule has 6 heteroatoms. The molecule has 0 N–H and O–H groups in total. The molecule has 0 radical (unpaired) electrons. The van der Waals surface area contributed by atoms with E-state index < -0.39 is 8.07 Å². The molecule has 0 saturated carbocycles. The second kappa shape index (κ2) is 5.51. The average molecular weight is 274 g/mol. The summed E-state index contributed by atoms with van der Waals surface area (Å²) >= 11 is 0. The van der Waals surface area contributed by atoms with Gasteiger partial charge in [0.15, 0.2) is 11.3 Å². The third-order valence-electron chi connectivity index (χ3n) is 2.82. The molecule has 2 rings (SSSR count). The third-order valence-corrected chi connectivity index (χ3v) is 4.53. The van der Waals surface area contributed by atoms with Gasteiger partial charge in [0.05, 0.1) is 5.39 Å². The van der Waals surface area contributed by atoms with E-state index in [1.165, 1.54) is 0 Å². The maximum atomic E-state index is 9.04. The lowest BCUT2D eigenvalue weighted by atomic mass is 10.3. The molecule has 2 aromatic heterocycles. The summed E-state index contributed by atoms with van der Waals surface area (Å²) in [5.74, 6) is 0. The Balaban J connectivity index is 2.07. The summed E-state index contributed by atoms with van der Waals surface area (Å²) in [7, 11) is -1.07. The highest BCUT2D eigenvalue weighted by Crippen LogP contribution is 2.15. The quantitative estimate of drug-likeness (QED) is 0.621. The molecule has 0 unspecified atom stereocenters. The summed E-state index contributed by atoms with van der Waals surface area (Å²) in [5, 5.41) is 14.0. The van der Waals surface area contributed by atoms with E-state index in [0.29, 0.717) is 18.1 Å². The van der Waals surface area contributed by atoms with E-state index in [-0.39, 0.29) is 0 Å². The van der Waals surface area contributed by atoms with Gasteiger partial charge in [0.1, 0.15) is 12.8 Å².